The Morgan fingerprint density at radius 1 is 0.977 bits per heavy atom. The molecule has 0 aromatic heterocycles. The monoisotopic (exact) mass is 632 g/mol. The van der Waals surface area contributed by atoms with Crippen molar-refractivity contribution in [3.8, 4) is 0 Å². The van der Waals surface area contributed by atoms with Crippen LogP contribution in [0, 0.1) is 5.82 Å². The molecule has 0 radical (unpaired) electrons. The van der Waals surface area contributed by atoms with Crippen molar-refractivity contribution in [2.75, 3.05) is 33.2 Å². The van der Waals surface area contributed by atoms with Gasteiger partial charge in [-0.15, -0.1) is 0 Å². The summed E-state index contributed by atoms with van der Waals surface area (Å²) in [5.41, 5.74) is 2.88. The Hall–Kier alpha value is -3.32. The number of sulfonamides is 1. The smallest absolute Gasteiger partial charge is 0.353 e. The average Bonchev–Trinajstić information content (AvgIpc) is 2.98. The van der Waals surface area contributed by atoms with Gasteiger partial charge in [0.05, 0.1) is 16.5 Å². The third kappa shape index (κ3) is 8.23. The second-order valence-electron chi connectivity index (χ2n) is 11.6. The minimum Gasteiger partial charge on any atom is -0.353 e. The van der Waals surface area contributed by atoms with Gasteiger partial charge in [0.1, 0.15) is 5.82 Å². The van der Waals surface area contributed by atoms with Crippen molar-refractivity contribution in [1.82, 2.24) is 19.8 Å². The van der Waals surface area contributed by atoms with Crippen molar-refractivity contribution >= 4 is 15.9 Å². The molecule has 12 heteroatoms. The van der Waals surface area contributed by atoms with Gasteiger partial charge in [-0.05, 0) is 78.9 Å². The van der Waals surface area contributed by atoms with Crippen molar-refractivity contribution in [1.29, 1.82) is 0 Å². The van der Waals surface area contributed by atoms with Crippen LogP contribution in [0.5, 0.6) is 0 Å². The number of aryl methyl sites for hydroxylation is 1. The summed E-state index contributed by atoms with van der Waals surface area (Å²) in [6.45, 7) is 5.10. The SMILES string of the molecule is CN1CCN(Cc2ccc3c(c2)CCC(NC(=O)CC(NS(=O)(=O)c2cccc(C(F)(F)F)c2)c2ccc(F)cc2)C3)CC1. The van der Waals surface area contributed by atoms with Crippen molar-refractivity contribution in [2.24, 2.45) is 0 Å². The van der Waals surface area contributed by atoms with Crippen LogP contribution in [0.25, 0.3) is 0 Å². The molecule has 44 heavy (non-hydrogen) atoms. The van der Waals surface area contributed by atoms with Crippen LogP contribution < -0.4 is 10.0 Å². The van der Waals surface area contributed by atoms with Crippen molar-refractivity contribution < 1.29 is 30.8 Å². The number of rotatable bonds is 9. The summed E-state index contributed by atoms with van der Waals surface area (Å²) in [4.78, 5) is 17.4. The predicted octanol–water partition coefficient (Wildman–Crippen LogP) is 4.68. The summed E-state index contributed by atoms with van der Waals surface area (Å²) in [7, 11) is -2.33. The fourth-order valence-corrected chi connectivity index (χ4v) is 7.05. The molecule has 2 unspecified atom stereocenters. The number of hydrogen-bond donors (Lipinski definition) is 2. The molecule has 2 atom stereocenters. The number of piperazine rings is 1. The largest absolute Gasteiger partial charge is 0.416 e. The molecule has 0 saturated carbocycles. The van der Waals surface area contributed by atoms with Gasteiger partial charge in [-0.2, -0.15) is 13.2 Å². The summed E-state index contributed by atoms with van der Waals surface area (Å²) in [5.74, 6) is -0.976. The van der Waals surface area contributed by atoms with Crippen molar-refractivity contribution in [3.63, 3.8) is 0 Å². The minimum atomic E-state index is -4.73. The summed E-state index contributed by atoms with van der Waals surface area (Å²) < 4.78 is 82.0. The van der Waals surface area contributed by atoms with Crippen LogP contribution in [0.4, 0.5) is 17.6 Å². The molecular formula is C32H36F4N4O3S. The van der Waals surface area contributed by atoms with E-state index in [0.717, 1.165) is 75.0 Å². The lowest BCUT2D eigenvalue weighted by atomic mass is 9.87. The Kier molecular flexibility index (Phi) is 9.74. The van der Waals surface area contributed by atoms with E-state index >= 15 is 0 Å². The molecule has 2 N–H and O–H groups in total. The van der Waals surface area contributed by atoms with E-state index in [9.17, 15) is 30.8 Å². The molecular weight excluding hydrogens is 596 g/mol. The molecule has 2 aliphatic rings. The molecule has 1 aliphatic carbocycles. The number of carbonyl (C=O) groups excluding carboxylic acids is 1. The Labute approximate surface area is 255 Å². The lowest BCUT2D eigenvalue weighted by Crippen LogP contribution is -2.44. The van der Waals surface area contributed by atoms with Gasteiger partial charge in [-0.25, -0.2) is 17.5 Å². The Balaban J connectivity index is 1.25. The molecule has 236 valence electrons. The number of halogens is 4. The van der Waals surface area contributed by atoms with E-state index in [1.54, 1.807) is 0 Å². The van der Waals surface area contributed by atoms with E-state index in [1.807, 2.05) is 0 Å². The highest BCUT2D eigenvalue weighted by atomic mass is 32.2. The van der Waals surface area contributed by atoms with Crippen LogP contribution in [0.15, 0.2) is 71.6 Å². The molecule has 0 spiro atoms. The van der Waals surface area contributed by atoms with E-state index in [4.69, 9.17) is 0 Å². The zero-order chi connectivity index (χ0) is 31.5. The van der Waals surface area contributed by atoms with Crippen molar-refractivity contribution in [3.05, 3.63) is 100 Å². The molecule has 3 aromatic carbocycles. The number of nitrogens with zero attached hydrogens (tertiary/aromatic N) is 2. The number of amides is 1. The number of carbonyl (C=O) groups is 1. The summed E-state index contributed by atoms with van der Waals surface area (Å²) in [6.07, 6.45) is -2.91. The summed E-state index contributed by atoms with van der Waals surface area (Å²) in [6, 6.07) is 13.5. The molecule has 0 bridgehead atoms. The van der Waals surface area contributed by atoms with E-state index in [-0.39, 0.29) is 12.5 Å². The lowest BCUT2D eigenvalue weighted by Gasteiger charge is -2.32. The number of benzene rings is 3. The quantitative estimate of drug-likeness (QED) is 0.335. The van der Waals surface area contributed by atoms with Crippen LogP contribution in [-0.2, 0) is 40.4 Å². The number of alkyl halides is 3. The first-order valence-electron chi connectivity index (χ1n) is 14.6. The highest BCUT2D eigenvalue weighted by Crippen LogP contribution is 2.31. The first kappa shape index (κ1) is 32.1. The maximum atomic E-state index is 13.6. The second-order valence-corrected chi connectivity index (χ2v) is 13.4. The van der Waals surface area contributed by atoms with Gasteiger partial charge in [0, 0.05) is 45.2 Å². The van der Waals surface area contributed by atoms with Gasteiger partial charge in [-0.3, -0.25) is 9.69 Å². The lowest BCUT2D eigenvalue weighted by molar-refractivity contribution is -0.137. The van der Waals surface area contributed by atoms with E-state index in [0.29, 0.717) is 24.5 Å². The van der Waals surface area contributed by atoms with E-state index in [1.165, 1.54) is 23.3 Å². The van der Waals surface area contributed by atoms with Crippen LogP contribution in [-0.4, -0.2) is 63.4 Å². The van der Waals surface area contributed by atoms with Gasteiger partial charge in [-0.1, -0.05) is 36.4 Å². The van der Waals surface area contributed by atoms with E-state index < -0.39 is 44.4 Å². The topological polar surface area (TPSA) is 81.8 Å². The van der Waals surface area contributed by atoms with Gasteiger partial charge < -0.3 is 10.2 Å². The van der Waals surface area contributed by atoms with Crippen LogP contribution in [0.3, 0.4) is 0 Å². The minimum absolute atomic E-state index is 0.160. The van der Waals surface area contributed by atoms with Gasteiger partial charge >= 0.3 is 6.18 Å². The average molecular weight is 633 g/mol. The highest BCUT2D eigenvalue weighted by molar-refractivity contribution is 7.89. The maximum Gasteiger partial charge on any atom is 0.416 e. The molecule has 1 saturated heterocycles. The first-order chi connectivity index (χ1) is 20.9. The number of hydrogen-bond acceptors (Lipinski definition) is 5. The van der Waals surface area contributed by atoms with Crippen LogP contribution >= 0.6 is 0 Å². The zero-order valence-corrected chi connectivity index (χ0v) is 25.2. The standard InChI is InChI=1S/C32H36F4N4O3S/c1-39-13-15-40(16-14-39)21-22-5-6-25-18-28(12-9-24(25)17-22)37-31(41)20-30(23-7-10-27(33)11-8-23)38-44(42,43)29-4-2-3-26(19-29)32(34,35)36/h2-8,10-11,17,19,28,30,38H,9,12-16,18,20-21H2,1H3,(H,37,41). The van der Waals surface area contributed by atoms with Crippen LogP contribution in [0.1, 0.15) is 46.7 Å². The molecule has 1 aliphatic heterocycles. The summed E-state index contributed by atoms with van der Waals surface area (Å²) >= 11 is 0. The Morgan fingerprint density at radius 2 is 1.70 bits per heavy atom. The molecule has 3 aromatic rings. The molecule has 1 heterocycles. The molecule has 5 rings (SSSR count). The Morgan fingerprint density at radius 3 is 2.41 bits per heavy atom. The van der Waals surface area contributed by atoms with Gasteiger partial charge in [0.25, 0.3) is 0 Å². The van der Waals surface area contributed by atoms with Gasteiger partial charge in [0.2, 0.25) is 15.9 Å². The fourth-order valence-electron chi connectivity index (χ4n) is 5.78. The maximum absolute atomic E-state index is 13.6. The number of nitrogens with one attached hydrogen (secondary N) is 2. The molecule has 1 fully saturated rings. The second kappa shape index (κ2) is 13.4. The number of fused-ring (bicyclic) bond motifs is 1. The molecule has 7 nitrogen and oxygen atoms in total. The van der Waals surface area contributed by atoms with E-state index in [2.05, 4.69) is 45.1 Å². The molecule has 1 amide bonds. The Bertz CT molecular complexity index is 1570. The third-order valence-corrected chi connectivity index (χ3v) is 9.77. The van der Waals surface area contributed by atoms with Crippen LogP contribution in [0.2, 0.25) is 0 Å². The van der Waals surface area contributed by atoms with Crippen molar-refractivity contribution in [2.45, 2.75) is 55.4 Å². The third-order valence-electron chi connectivity index (χ3n) is 8.30. The summed E-state index contributed by atoms with van der Waals surface area (Å²) in [5, 5.41) is 3.00. The fraction of sp³-hybridized carbons (Fsp3) is 0.406. The number of likely N-dealkylation sites (N-methyl/N-ethyl adjacent to an activating group) is 1. The normalized spacial score (nSPS) is 18.9. The van der Waals surface area contributed by atoms with Gasteiger partial charge in [0.15, 0.2) is 0 Å². The first-order valence-corrected chi connectivity index (χ1v) is 16.1. The highest BCUT2D eigenvalue weighted by Gasteiger charge is 2.33. The zero-order valence-electron chi connectivity index (χ0n) is 24.4. The predicted molar refractivity (Wildman–Crippen MR) is 159 cm³/mol.